The van der Waals surface area contributed by atoms with Gasteiger partial charge in [0.25, 0.3) is 0 Å². The monoisotopic (exact) mass is 828 g/mol. The van der Waals surface area contributed by atoms with Crippen LogP contribution < -0.4 is 0 Å². The summed E-state index contributed by atoms with van der Waals surface area (Å²) < 4.78 is 48.5. The maximum absolute atomic E-state index is 10.6. The van der Waals surface area contributed by atoms with E-state index < -0.39 is 187 Å². The van der Waals surface area contributed by atoms with Gasteiger partial charge in [-0.3, -0.25) is 0 Å². The van der Waals surface area contributed by atoms with Gasteiger partial charge < -0.3 is 129 Å². The van der Waals surface area contributed by atoms with Crippen molar-refractivity contribution in [2.75, 3.05) is 33.0 Å². The predicted molar refractivity (Wildman–Crippen MR) is 167 cm³/mol. The number of aliphatic hydroxyl groups excluding tert-OH is 17. The van der Waals surface area contributed by atoms with Gasteiger partial charge in [-0.05, 0) is 0 Å². The van der Waals surface area contributed by atoms with Crippen LogP contribution in [0.5, 0.6) is 0 Å². The van der Waals surface area contributed by atoms with Crippen LogP contribution in [0.1, 0.15) is 0 Å². The quantitative estimate of drug-likeness (QED) is 0.0819. The fraction of sp³-hybridized carbons (Fsp3) is 1.00. The first-order valence-corrected chi connectivity index (χ1v) is 17.6. The largest absolute Gasteiger partial charge is 0.394 e. The van der Waals surface area contributed by atoms with Gasteiger partial charge >= 0.3 is 0 Å². The van der Waals surface area contributed by atoms with Crippen LogP contribution in [0.2, 0.25) is 0 Å². The smallest absolute Gasteiger partial charge is 0.186 e. The highest BCUT2D eigenvalue weighted by molar-refractivity contribution is 4.95. The van der Waals surface area contributed by atoms with Gasteiger partial charge in [0.2, 0.25) is 0 Å². The van der Waals surface area contributed by atoms with Gasteiger partial charge in [0.1, 0.15) is 122 Å². The topological polar surface area (TPSA) is 427 Å². The number of rotatable bonds is 13. The Morgan fingerprint density at radius 2 is 0.500 bits per heavy atom. The van der Waals surface area contributed by atoms with Gasteiger partial charge in [0.05, 0.1) is 33.0 Å². The summed E-state index contributed by atoms with van der Waals surface area (Å²) in [5, 5.41) is 173. The molecular formula is C30H52O26. The Kier molecular flexibility index (Phi) is 16.1. The summed E-state index contributed by atoms with van der Waals surface area (Å²) >= 11 is 0. The van der Waals surface area contributed by atoms with Gasteiger partial charge in [-0.25, -0.2) is 0 Å². The van der Waals surface area contributed by atoms with Crippen molar-refractivity contribution in [3.8, 4) is 0 Å². The molecule has 5 aliphatic rings. The molecule has 17 N–H and O–H groups in total. The Bertz CT molecular complexity index is 1210. The van der Waals surface area contributed by atoms with Crippen molar-refractivity contribution in [3.05, 3.63) is 0 Å². The number of aliphatic hydroxyl groups is 17. The number of hydrogen-bond donors (Lipinski definition) is 17. The van der Waals surface area contributed by atoms with E-state index >= 15 is 0 Å². The molecule has 0 saturated carbocycles. The van der Waals surface area contributed by atoms with E-state index in [0.29, 0.717) is 0 Å². The Morgan fingerprint density at radius 1 is 0.268 bits per heavy atom. The SMILES string of the molecule is OC[C@@H]1O[C@H](OC[C@H]2O[C@@H](OC[C@H]3O[C@@H](OC[C@H]4O[C@@H](OC[C@H]5O[C@@H](O)[C@H](O)[C@@H](O)[C@@H]5O)[C@H](O)[C@@H](O)[C@@H]4O)[C@H](O)[C@@H](O)[C@@H]3O)[C@H](O)[C@@H](O)[C@@H]2O)[C@@H](O)[C@H](O)[C@H]1O. The molecule has 5 aliphatic heterocycles. The van der Waals surface area contributed by atoms with Crippen LogP contribution in [0.4, 0.5) is 0 Å². The molecule has 5 fully saturated rings. The third-order valence-corrected chi connectivity index (χ3v) is 10.2. The lowest BCUT2D eigenvalue weighted by Gasteiger charge is -2.44. The van der Waals surface area contributed by atoms with Crippen molar-refractivity contribution < 1.29 is 129 Å². The van der Waals surface area contributed by atoms with Crippen LogP contribution in [0.3, 0.4) is 0 Å². The molecule has 5 saturated heterocycles. The van der Waals surface area contributed by atoms with E-state index in [4.69, 9.17) is 42.6 Å². The van der Waals surface area contributed by atoms with E-state index in [-0.39, 0.29) is 0 Å². The molecule has 0 radical (unpaired) electrons. The lowest BCUT2D eigenvalue weighted by atomic mass is 9.97. The van der Waals surface area contributed by atoms with E-state index in [0.717, 1.165) is 0 Å². The van der Waals surface area contributed by atoms with Crippen molar-refractivity contribution in [3.63, 3.8) is 0 Å². The Labute approximate surface area is 316 Å². The van der Waals surface area contributed by atoms with Crippen molar-refractivity contribution in [2.45, 2.75) is 154 Å². The normalized spacial score (nSPS) is 53.2. The van der Waals surface area contributed by atoms with Gasteiger partial charge in [-0.15, -0.1) is 0 Å². The first-order valence-electron chi connectivity index (χ1n) is 17.6. The highest BCUT2D eigenvalue weighted by atomic mass is 16.8. The molecule has 25 atom stereocenters. The van der Waals surface area contributed by atoms with Crippen molar-refractivity contribution in [1.82, 2.24) is 0 Å². The van der Waals surface area contributed by atoms with Gasteiger partial charge in [0, 0.05) is 0 Å². The maximum atomic E-state index is 10.6. The summed E-state index contributed by atoms with van der Waals surface area (Å²) in [7, 11) is 0. The minimum atomic E-state index is -1.96. The molecule has 5 rings (SSSR count). The second kappa shape index (κ2) is 19.6. The first kappa shape index (κ1) is 46.0. The second-order valence-electron chi connectivity index (χ2n) is 14.1. The zero-order valence-electron chi connectivity index (χ0n) is 29.2. The molecule has 5 heterocycles. The summed E-state index contributed by atoms with van der Waals surface area (Å²) in [5.41, 5.74) is 0. The molecule has 26 heteroatoms. The second-order valence-corrected chi connectivity index (χ2v) is 14.1. The summed E-state index contributed by atoms with van der Waals surface area (Å²) in [6.07, 6.45) is -44.0. The fourth-order valence-electron chi connectivity index (χ4n) is 6.61. The highest BCUT2D eigenvalue weighted by Gasteiger charge is 2.51. The molecule has 0 aliphatic carbocycles. The molecule has 328 valence electrons. The average Bonchev–Trinajstić information content (AvgIpc) is 3.18. The Morgan fingerprint density at radius 3 is 0.786 bits per heavy atom. The summed E-state index contributed by atoms with van der Waals surface area (Å²) in [6, 6.07) is 0. The Balaban J connectivity index is 1.15. The van der Waals surface area contributed by atoms with Crippen molar-refractivity contribution >= 4 is 0 Å². The molecule has 26 nitrogen and oxygen atoms in total. The fourth-order valence-corrected chi connectivity index (χ4v) is 6.61. The number of ether oxygens (including phenoxy) is 9. The molecule has 0 bridgehead atoms. The van der Waals surface area contributed by atoms with E-state index in [1.807, 2.05) is 0 Å². The minimum Gasteiger partial charge on any atom is -0.394 e. The molecule has 0 aromatic heterocycles. The van der Waals surface area contributed by atoms with Crippen LogP contribution in [0.15, 0.2) is 0 Å². The number of hydrogen-bond acceptors (Lipinski definition) is 26. The van der Waals surface area contributed by atoms with Crippen LogP contribution in [0, 0.1) is 0 Å². The molecule has 0 aromatic carbocycles. The molecular weight excluding hydrogens is 776 g/mol. The summed E-state index contributed by atoms with van der Waals surface area (Å²) in [5.74, 6) is 0. The molecule has 0 aromatic rings. The lowest BCUT2D eigenvalue weighted by Crippen LogP contribution is -2.63. The lowest BCUT2D eigenvalue weighted by molar-refractivity contribution is -0.350. The highest BCUT2D eigenvalue weighted by Crippen LogP contribution is 2.30. The van der Waals surface area contributed by atoms with E-state index in [1.54, 1.807) is 0 Å². The third kappa shape index (κ3) is 9.77. The van der Waals surface area contributed by atoms with Gasteiger partial charge in [-0.2, -0.15) is 0 Å². The van der Waals surface area contributed by atoms with Gasteiger partial charge in [0.15, 0.2) is 31.5 Å². The van der Waals surface area contributed by atoms with Gasteiger partial charge in [-0.1, -0.05) is 0 Å². The van der Waals surface area contributed by atoms with Crippen LogP contribution >= 0.6 is 0 Å². The molecule has 0 unspecified atom stereocenters. The third-order valence-electron chi connectivity index (χ3n) is 10.2. The van der Waals surface area contributed by atoms with Crippen LogP contribution in [-0.2, 0) is 42.6 Å². The van der Waals surface area contributed by atoms with Crippen LogP contribution in [0.25, 0.3) is 0 Å². The molecule has 0 spiro atoms. The Hall–Kier alpha value is -1.04. The maximum Gasteiger partial charge on any atom is 0.186 e. The molecule has 0 amide bonds. The van der Waals surface area contributed by atoms with Crippen molar-refractivity contribution in [1.29, 1.82) is 0 Å². The zero-order chi connectivity index (χ0) is 41.3. The first-order chi connectivity index (χ1) is 26.4. The van der Waals surface area contributed by atoms with E-state index in [2.05, 4.69) is 0 Å². The van der Waals surface area contributed by atoms with Crippen molar-refractivity contribution in [2.24, 2.45) is 0 Å². The standard InChI is InChI=1S/C30H52O26/c31-1-6-11(32)17(38)22(43)27(53-6)49-3-8-13(34)19(40)24(45)29(55-8)51-5-10-15(36)20(41)25(46)30(56-10)50-4-9-14(35)18(39)23(44)28(54-9)48-2-7-12(33)16(37)21(42)26(47)52-7/h6-47H,1-5H2/t6-,7+,8+,9+,10+,11-,12+,13+,14+,15+,16-,17+,18-,19-,20-,21+,22-,23+,24+,25+,26+,27-,28+,29+,30+/m0/s1. The minimum absolute atomic E-state index is 0.669. The van der Waals surface area contributed by atoms with E-state index in [9.17, 15) is 86.8 Å². The van der Waals surface area contributed by atoms with Crippen LogP contribution in [-0.4, -0.2) is 273 Å². The summed E-state index contributed by atoms with van der Waals surface area (Å²) in [6.45, 7) is -3.57. The molecule has 56 heavy (non-hydrogen) atoms. The average molecular weight is 829 g/mol. The predicted octanol–water partition coefficient (Wildman–Crippen LogP) is -11.9. The zero-order valence-corrected chi connectivity index (χ0v) is 29.2. The summed E-state index contributed by atoms with van der Waals surface area (Å²) in [4.78, 5) is 0. The van der Waals surface area contributed by atoms with E-state index in [1.165, 1.54) is 0 Å².